The summed E-state index contributed by atoms with van der Waals surface area (Å²) in [6.07, 6.45) is 0.643. The number of ether oxygens (including phenoxy) is 2. The molecule has 1 atom stereocenters. The second kappa shape index (κ2) is 7.60. The summed E-state index contributed by atoms with van der Waals surface area (Å²) >= 11 is 0. The van der Waals surface area contributed by atoms with Gasteiger partial charge in [0.15, 0.2) is 5.56 Å². The molecule has 2 rings (SSSR count). The highest BCUT2D eigenvalue weighted by Crippen LogP contribution is 2.28. The number of aromatic nitrogens is 1. The van der Waals surface area contributed by atoms with Gasteiger partial charge in [0.05, 0.1) is 7.11 Å². The van der Waals surface area contributed by atoms with E-state index in [0.717, 1.165) is 5.56 Å². The fraction of sp³-hybridized carbons (Fsp3) is 0.294. The van der Waals surface area contributed by atoms with Crippen LogP contribution < -0.4 is 15.2 Å². The Morgan fingerprint density at radius 3 is 2.65 bits per heavy atom. The maximum absolute atomic E-state index is 11.4. The number of aryl methyl sites for hydroxylation is 1. The van der Waals surface area contributed by atoms with Crippen LogP contribution in [0.4, 0.5) is 0 Å². The second-order valence-electron chi connectivity index (χ2n) is 5.21. The van der Waals surface area contributed by atoms with Gasteiger partial charge in [0, 0.05) is 17.8 Å². The van der Waals surface area contributed by atoms with E-state index in [1.54, 1.807) is 13.0 Å². The molecule has 1 aromatic carbocycles. The molecule has 0 amide bonds. The minimum Gasteiger partial charge on any atom is -0.491 e. The predicted molar refractivity (Wildman–Crippen MR) is 86.1 cm³/mol. The van der Waals surface area contributed by atoms with Gasteiger partial charge >= 0.3 is 5.97 Å². The van der Waals surface area contributed by atoms with E-state index in [0.29, 0.717) is 12.1 Å². The zero-order valence-electron chi connectivity index (χ0n) is 13.2. The van der Waals surface area contributed by atoms with E-state index < -0.39 is 5.97 Å². The van der Waals surface area contributed by atoms with Gasteiger partial charge in [-0.15, -0.1) is 0 Å². The monoisotopic (exact) mass is 316 g/mol. The van der Waals surface area contributed by atoms with E-state index in [2.05, 4.69) is 4.98 Å². The van der Waals surface area contributed by atoms with Crippen LogP contribution in [0.25, 0.3) is 0 Å². The Morgan fingerprint density at radius 1 is 1.35 bits per heavy atom. The number of aromatic carboxylic acids is 1. The first kappa shape index (κ1) is 16.8. The molecule has 0 spiro atoms. The Balaban J connectivity index is 2.10. The number of nitrogens with zero attached hydrogens (tertiary/aromatic N) is 1. The molecule has 0 radical (unpaired) electrons. The van der Waals surface area contributed by atoms with Gasteiger partial charge in [-0.2, -0.15) is 0 Å². The molecule has 23 heavy (non-hydrogen) atoms. The van der Waals surface area contributed by atoms with E-state index in [4.69, 9.17) is 15.2 Å². The van der Waals surface area contributed by atoms with Crippen LogP contribution in [0.15, 0.2) is 36.4 Å². The Hall–Kier alpha value is -2.60. The van der Waals surface area contributed by atoms with Crippen LogP contribution in [0.5, 0.6) is 11.6 Å². The molecule has 0 aliphatic heterocycles. The number of carbonyl (C=O) groups is 1. The lowest BCUT2D eigenvalue weighted by atomic mass is 10.1. The third-order valence-electron chi connectivity index (χ3n) is 3.28. The van der Waals surface area contributed by atoms with Crippen LogP contribution in [-0.2, 0) is 6.42 Å². The van der Waals surface area contributed by atoms with Crippen LogP contribution >= 0.6 is 0 Å². The van der Waals surface area contributed by atoms with Crippen molar-refractivity contribution in [2.75, 3.05) is 13.7 Å². The first-order chi connectivity index (χ1) is 11.0. The number of carboxylic acids is 1. The summed E-state index contributed by atoms with van der Waals surface area (Å²) in [6, 6.07) is 11.1. The average Bonchev–Trinajstić information content (AvgIpc) is 2.52. The quantitative estimate of drug-likeness (QED) is 0.812. The van der Waals surface area contributed by atoms with Crippen molar-refractivity contribution in [1.29, 1.82) is 0 Å². The van der Waals surface area contributed by atoms with Crippen LogP contribution in [0, 0.1) is 6.92 Å². The molecule has 0 saturated carbocycles. The number of hydrogen-bond acceptors (Lipinski definition) is 5. The predicted octanol–water partition coefficient (Wildman–Crippen LogP) is 2.05. The highest BCUT2D eigenvalue weighted by molar-refractivity contribution is 5.93. The molecule has 2 aromatic rings. The zero-order valence-corrected chi connectivity index (χ0v) is 13.2. The Morgan fingerprint density at radius 2 is 2.04 bits per heavy atom. The van der Waals surface area contributed by atoms with Gasteiger partial charge in [-0.1, -0.05) is 30.3 Å². The van der Waals surface area contributed by atoms with Crippen molar-refractivity contribution < 1.29 is 19.4 Å². The highest BCUT2D eigenvalue weighted by Gasteiger charge is 2.21. The smallest absolute Gasteiger partial charge is 0.345 e. The molecule has 0 fully saturated rings. The van der Waals surface area contributed by atoms with Crippen molar-refractivity contribution in [3.8, 4) is 11.6 Å². The van der Waals surface area contributed by atoms with Crippen molar-refractivity contribution in [2.24, 2.45) is 5.73 Å². The molecule has 1 heterocycles. The maximum Gasteiger partial charge on any atom is 0.345 e. The number of hydrogen-bond donors (Lipinski definition) is 2. The second-order valence-corrected chi connectivity index (χ2v) is 5.21. The van der Waals surface area contributed by atoms with Crippen molar-refractivity contribution in [3.05, 3.63) is 53.2 Å². The summed E-state index contributed by atoms with van der Waals surface area (Å²) in [6.45, 7) is 1.94. The fourth-order valence-electron chi connectivity index (χ4n) is 2.25. The van der Waals surface area contributed by atoms with E-state index >= 15 is 0 Å². The van der Waals surface area contributed by atoms with Gasteiger partial charge in [0.1, 0.15) is 12.4 Å². The topological polar surface area (TPSA) is 94.7 Å². The van der Waals surface area contributed by atoms with Crippen molar-refractivity contribution >= 4 is 5.97 Å². The van der Waals surface area contributed by atoms with Crippen LogP contribution in [-0.4, -0.2) is 35.8 Å². The molecule has 6 nitrogen and oxygen atoms in total. The summed E-state index contributed by atoms with van der Waals surface area (Å²) < 4.78 is 10.7. The van der Waals surface area contributed by atoms with Gasteiger partial charge in [-0.05, 0) is 18.9 Å². The van der Waals surface area contributed by atoms with Crippen LogP contribution in [0.2, 0.25) is 0 Å². The average molecular weight is 316 g/mol. The van der Waals surface area contributed by atoms with E-state index in [1.807, 2.05) is 30.3 Å². The Labute approximate surface area is 134 Å². The number of methoxy groups -OCH3 is 1. The molecular weight excluding hydrogens is 296 g/mol. The SMILES string of the molecule is COc1nc(C)cc(OCC(N)Cc2ccccc2)c1C(=O)O. The molecule has 0 aliphatic carbocycles. The van der Waals surface area contributed by atoms with Crippen molar-refractivity contribution in [3.63, 3.8) is 0 Å². The van der Waals surface area contributed by atoms with E-state index in [-0.39, 0.29) is 29.8 Å². The van der Waals surface area contributed by atoms with Crippen molar-refractivity contribution in [2.45, 2.75) is 19.4 Å². The molecule has 122 valence electrons. The number of nitrogens with two attached hydrogens (primary N) is 1. The fourth-order valence-corrected chi connectivity index (χ4v) is 2.25. The summed E-state index contributed by atoms with van der Waals surface area (Å²) in [5.74, 6) is -0.907. The van der Waals surface area contributed by atoms with Gasteiger partial charge in [0.25, 0.3) is 0 Å². The minimum atomic E-state index is -1.15. The number of benzene rings is 1. The Bertz CT molecular complexity index is 674. The summed E-state index contributed by atoms with van der Waals surface area (Å²) in [7, 11) is 1.37. The van der Waals surface area contributed by atoms with Crippen molar-refractivity contribution in [1.82, 2.24) is 4.98 Å². The third-order valence-corrected chi connectivity index (χ3v) is 3.28. The van der Waals surface area contributed by atoms with E-state index in [1.165, 1.54) is 7.11 Å². The molecule has 0 aliphatic rings. The molecule has 3 N–H and O–H groups in total. The summed E-state index contributed by atoms with van der Waals surface area (Å²) in [5.41, 5.74) is 7.69. The van der Waals surface area contributed by atoms with Crippen LogP contribution in [0.3, 0.4) is 0 Å². The Kier molecular flexibility index (Phi) is 5.54. The first-order valence-electron chi connectivity index (χ1n) is 7.22. The summed E-state index contributed by atoms with van der Waals surface area (Å²) in [5, 5.41) is 9.34. The standard InChI is InChI=1S/C17H20N2O4/c1-11-8-14(15(17(20)21)16(19-11)22-2)23-10-13(18)9-12-6-4-3-5-7-12/h3-8,13H,9-10,18H2,1-2H3,(H,20,21). The molecule has 1 unspecified atom stereocenters. The zero-order chi connectivity index (χ0) is 16.8. The normalized spacial score (nSPS) is 11.8. The number of carboxylic acid groups (broad SMARTS) is 1. The lowest BCUT2D eigenvalue weighted by Gasteiger charge is -2.16. The van der Waals surface area contributed by atoms with Crippen LogP contribution in [0.1, 0.15) is 21.6 Å². The number of pyridine rings is 1. The summed E-state index contributed by atoms with van der Waals surface area (Å²) in [4.78, 5) is 15.5. The lowest BCUT2D eigenvalue weighted by molar-refractivity contribution is 0.0687. The van der Waals surface area contributed by atoms with Gasteiger partial charge in [-0.3, -0.25) is 0 Å². The van der Waals surface area contributed by atoms with Gasteiger partial charge < -0.3 is 20.3 Å². The molecule has 1 aromatic heterocycles. The maximum atomic E-state index is 11.4. The van der Waals surface area contributed by atoms with E-state index in [9.17, 15) is 9.90 Å². The molecule has 0 saturated heterocycles. The third kappa shape index (κ3) is 4.43. The lowest BCUT2D eigenvalue weighted by Crippen LogP contribution is -2.30. The largest absolute Gasteiger partial charge is 0.491 e. The molecule has 6 heteroatoms. The molecule has 0 bridgehead atoms. The van der Waals surface area contributed by atoms with Gasteiger partial charge in [0.2, 0.25) is 5.88 Å². The minimum absolute atomic E-state index is 0.0316. The first-order valence-corrected chi connectivity index (χ1v) is 7.22. The molecular formula is C17H20N2O4. The van der Waals surface area contributed by atoms with Gasteiger partial charge in [-0.25, -0.2) is 9.78 Å². The number of rotatable bonds is 7. The highest BCUT2D eigenvalue weighted by atomic mass is 16.5.